The Kier molecular flexibility index (Phi) is 3.83. The second kappa shape index (κ2) is 6.09. The highest BCUT2D eigenvalue weighted by atomic mass is 14.8. The fourth-order valence-corrected chi connectivity index (χ4v) is 2.03. The zero-order chi connectivity index (χ0) is 14.5. The van der Waals surface area contributed by atoms with Gasteiger partial charge in [-0.3, -0.25) is 15.0 Å². The van der Waals surface area contributed by atoms with Crippen molar-refractivity contribution in [1.82, 2.24) is 15.0 Å². The second-order valence-electron chi connectivity index (χ2n) is 4.81. The molecule has 0 aliphatic rings. The molecule has 0 aromatic carbocycles. The van der Waals surface area contributed by atoms with Crippen LogP contribution in [0.25, 0.3) is 23.5 Å². The lowest BCUT2D eigenvalue weighted by Gasteiger charge is -2.02. The number of rotatable bonds is 3. The Morgan fingerprint density at radius 3 is 2.10 bits per heavy atom. The molecule has 0 fully saturated rings. The summed E-state index contributed by atoms with van der Waals surface area (Å²) in [4.78, 5) is 12.8. The Bertz CT molecular complexity index is 764. The van der Waals surface area contributed by atoms with E-state index in [2.05, 4.69) is 34.0 Å². The molecule has 3 nitrogen and oxygen atoms in total. The molecule has 0 N–H and O–H groups in total. The van der Waals surface area contributed by atoms with Crippen molar-refractivity contribution in [3.8, 4) is 11.4 Å². The van der Waals surface area contributed by atoms with Crippen molar-refractivity contribution in [3.63, 3.8) is 0 Å². The van der Waals surface area contributed by atoms with Gasteiger partial charge in [-0.2, -0.15) is 0 Å². The first-order valence-corrected chi connectivity index (χ1v) is 6.78. The Morgan fingerprint density at radius 1 is 0.714 bits per heavy atom. The van der Waals surface area contributed by atoms with Crippen LogP contribution < -0.4 is 0 Å². The molecule has 0 amide bonds. The Morgan fingerprint density at radius 2 is 1.33 bits per heavy atom. The summed E-state index contributed by atoms with van der Waals surface area (Å²) in [6.07, 6.45) is 11.3. The number of aryl methyl sites for hydroxylation is 1. The Balaban J connectivity index is 1.88. The van der Waals surface area contributed by atoms with Crippen molar-refractivity contribution in [3.05, 3.63) is 77.9 Å². The molecule has 0 bridgehead atoms. The number of nitrogens with zero attached hydrogens (tertiary/aromatic N) is 3. The molecule has 3 rings (SSSR count). The average Bonchev–Trinajstić information content (AvgIpc) is 2.54. The van der Waals surface area contributed by atoms with E-state index >= 15 is 0 Å². The van der Waals surface area contributed by atoms with Crippen LogP contribution in [0.1, 0.15) is 16.7 Å². The van der Waals surface area contributed by atoms with Crippen LogP contribution in [-0.2, 0) is 0 Å². The lowest BCUT2D eigenvalue weighted by atomic mass is 10.1. The van der Waals surface area contributed by atoms with Gasteiger partial charge in [0.15, 0.2) is 0 Å². The van der Waals surface area contributed by atoms with Gasteiger partial charge in [0.25, 0.3) is 0 Å². The van der Waals surface area contributed by atoms with Crippen molar-refractivity contribution in [2.24, 2.45) is 0 Å². The van der Waals surface area contributed by atoms with E-state index in [0.717, 1.165) is 22.5 Å². The Labute approximate surface area is 124 Å². The van der Waals surface area contributed by atoms with Crippen LogP contribution in [0.2, 0.25) is 0 Å². The summed E-state index contributed by atoms with van der Waals surface area (Å²) >= 11 is 0. The van der Waals surface area contributed by atoms with E-state index in [4.69, 9.17) is 0 Å². The van der Waals surface area contributed by atoms with Crippen molar-refractivity contribution in [1.29, 1.82) is 0 Å². The first kappa shape index (κ1) is 13.2. The summed E-state index contributed by atoms with van der Waals surface area (Å²) < 4.78 is 0. The molecule has 21 heavy (non-hydrogen) atoms. The summed E-state index contributed by atoms with van der Waals surface area (Å²) in [5, 5.41) is 0. The maximum atomic E-state index is 4.40. The van der Waals surface area contributed by atoms with Crippen LogP contribution in [0.5, 0.6) is 0 Å². The summed E-state index contributed by atoms with van der Waals surface area (Å²) in [6, 6.07) is 12.0. The molecule has 0 aliphatic carbocycles. The molecule has 3 heterocycles. The fraction of sp³-hybridized carbons (Fsp3) is 0.0556. The summed E-state index contributed by atoms with van der Waals surface area (Å²) in [7, 11) is 0. The molecule has 0 unspecified atom stereocenters. The zero-order valence-electron chi connectivity index (χ0n) is 11.8. The molecule has 3 aromatic rings. The van der Waals surface area contributed by atoms with E-state index in [1.807, 2.05) is 48.8 Å². The van der Waals surface area contributed by atoms with E-state index in [1.54, 1.807) is 12.4 Å². The van der Waals surface area contributed by atoms with E-state index < -0.39 is 0 Å². The minimum Gasteiger partial charge on any atom is -0.265 e. The van der Waals surface area contributed by atoms with Crippen LogP contribution in [0, 0.1) is 6.92 Å². The predicted molar refractivity (Wildman–Crippen MR) is 85.4 cm³/mol. The molecular formula is C18H15N3. The van der Waals surface area contributed by atoms with Gasteiger partial charge in [0.2, 0.25) is 0 Å². The quantitative estimate of drug-likeness (QED) is 0.723. The van der Waals surface area contributed by atoms with Crippen molar-refractivity contribution in [2.75, 3.05) is 0 Å². The van der Waals surface area contributed by atoms with Crippen LogP contribution in [0.15, 0.2) is 61.2 Å². The third-order valence-corrected chi connectivity index (χ3v) is 3.14. The molecule has 0 atom stereocenters. The minimum absolute atomic E-state index is 0.885. The Hall–Kier alpha value is -2.81. The van der Waals surface area contributed by atoms with Crippen LogP contribution in [0.4, 0.5) is 0 Å². The van der Waals surface area contributed by atoms with Gasteiger partial charge in [-0.25, -0.2) is 0 Å². The van der Waals surface area contributed by atoms with Gasteiger partial charge >= 0.3 is 0 Å². The standard InChI is InChI=1S/C18H15N3/c1-14-4-10-20-17(12-14)18-13-16(7-11-21-18)3-2-15-5-8-19-9-6-15/h2-13H,1H3/b3-2+. The van der Waals surface area contributed by atoms with Crippen molar-refractivity contribution in [2.45, 2.75) is 6.92 Å². The largest absolute Gasteiger partial charge is 0.265 e. The van der Waals surface area contributed by atoms with Gasteiger partial charge in [-0.15, -0.1) is 0 Å². The van der Waals surface area contributed by atoms with Gasteiger partial charge in [-0.05, 0) is 60.0 Å². The highest BCUT2D eigenvalue weighted by Crippen LogP contribution is 2.17. The summed E-state index contributed by atoms with van der Waals surface area (Å²) in [5.74, 6) is 0. The number of pyridine rings is 3. The topological polar surface area (TPSA) is 38.7 Å². The monoisotopic (exact) mass is 273 g/mol. The molecule has 0 saturated carbocycles. The number of aromatic nitrogens is 3. The number of hydrogen-bond donors (Lipinski definition) is 0. The molecule has 102 valence electrons. The van der Waals surface area contributed by atoms with Crippen molar-refractivity contribution >= 4 is 12.2 Å². The fourth-order valence-electron chi connectivity index (χ4n) is 2.03. The molecule has 0 radical (unpaired) electrons. The summed E-state index contributed by atoms with van der Waals surface area (Å²) in [5.41, 5.74) is 5.18. The average molecular weight is 273 g/mol. The third-order valence-electron chi connectivity index (χ3n) is 3.14. The maximum absolute atomic E-state index is 4.40. The zero-order valence-corrected chi connectivity index (χ0v) is 11.8. The second-order valence-corrected chi connectivity index (χ2v) is 4.81. The van der Waals surface area contributed by atoms with Gasteiger partial charge in [-0.1, -0.05) is 12.2 Å². The van der Waals surface area contributed by atoms with E-state index in [9.17, 15) is 0 Å². The molecule has 0 aliphatic heterocycles. The minimum atomic E-state index is 0.885. The molecule has 3 heteroatoms. The highest BCUT2D eigenvalue weighted by Gasteiger charge is 2.01. The van der Waals surface area contributed by atoms with Gasteiger partial charge in [0, 0.05) is 24.8 Å². The SMILES string of the molecule is Cc1ccnc(-c2cc(/C=C/c3ccncc3)ccn2)c1. The van der Waals surface area contributed by atoms with Crippen LogP contribution in [-0.4, -0.2) is 15.0 Å². The molecule has 0 saturated heterocycles. The first-order chi connectivity index (χ1) is 10.3. The molecular weight excluding hydrogens is 258 g/mol. The van der Waals surface area contributed by atoms with E-state index in [1.165, 1.54) is 5.56 Å². The molecule has 3 aromatic heterocycles. The first-order valence-electron chi connectivity index (χ1n) is 6.78. The summed E-state index contributed by atoms with van der Waals surface area (Å²) in [6.45, 7) is 2.05. The smallest absolute Gasteiger partial charge is 0.0892 e. The lowest BCUT2D eigenvalue weighted by Crippen LogP contribution is -1.88. The van der Waals surface area contributed by atoms with E-state index in [0.29, 0.717) is 0 Å². The highest BCUT2D eigenvalue weighted by molar-refractivity contribution is 5.71. The molecule has 0 spiro atoms. The van der Waals surface area contributed by atoms with Gasteiger partial charge in [0.1, 0.15) is 0 Å². The lowest BCUT2D eigenvalue weighted by molar-refractivity contribution is 1.23. The van der Waals surface area contributed by atoms with Crippen LogP contribution in [0.3, 0.4) is 0 Å². The normalized spacial score (nSPS) is 10.9. The van der Waals surface area contributed by atoms with Gasteiger partial charge in [0.05, 0.1) is 11.4 Å². The third kappa shape index (κ3) is 3.39. The van der Waals surface area contributed by atoms with Crippen LogP contribution >= 0.6 is 0 Å². The van der Waals surface area contributed by atoms with Gasteiger partial charge < -0.3 is 0 Å². The predicted octanol–water partition coefficient (Wildman–Crippen LogP) is 4.02. The van der Waals surface area contributed by atoms with E-state index in [-0.39, 0.29) is 0 Å². The number of hydrogen-bond acceptors (Lipinski definition) is 3. The van der Waals surface area contributed by atoms with Crippen molar-refractivity contribution < 1.29 is 0 Å². The maximum Gasteiger partial charge on any atom is 0.0892 e.